The second-order valence-corrected chi connectivity index (χ2v) is 4.30. The van der Waals surface area contributed by atoms with Crippen LogP contribution in [0.25, 0.3) is 11.1 Å². The average Bonchev–Trinajstić information content (AvgIpc) is 2.49. The molecule has 0 saturated carbocycles. The number of esters is 1. The first-order valence-corrected chi connectivity index (χ1v) is 6.19. The Bertz CT molecular complexity index is 552. The first kappa shape index (κ1) is 13.3. The molecule has 0 aliphatic carbocycles. The Morgan fingerprint density at radius 1 is 1.11 bits per heavy atom. The van der Waals surface area contributed by atoms with Gasteiger partial charge in [0.2, 0.25) is 0 Å². The third-order valence-electron chi connectivity index (χ3n) is 3.12. The van der Waals surface area contributed by atoms with E-state index in [-0.39, 0.29) is 12.5 Å². The number of carbonyl (C=O) groups is 1. The van der Waals surface area contributed by atoms with Gasteiger partial charge < -0.3 is 10.5 Å². The number of benzene rings is 2. The minimum absolute atomic E-state index is 0.241. The first-order chi connectivity index (χ1) is 9.26. The lowest BCUT2D eigenvalue weighted by molar-refractivity contribution is -0.142. The summed E-state index contributed by atoms with van der Waals surface area (Å²) in [5.41, 5.74) is 8.74. The zero-order valence-electron chi connectivity index (χ0n) is 10.9. The van der Waals surface area contributed by atoms with E-state index in [0.29, 0.717) is 0 Å². The zero-order chi connectivity index (χ0) is 13.7. The molecule has 2 rings (SSSR count). The van der Waals surface area contributed by atoms with Crippen LogP contribution in [-0.4, -0.2) is 19.6 Å². The fourth-order valence-electron chi connectivity index (χ4n) is 2.08. The largest absolute Gasteiger partial charge is 0.469 e. The standard InChI is InChI=1S/C16H17NO2/c1-19-16(18)15(11-17)14-9-5-8-13(10-14)12-6-3-2-4-7-12/h2-10,15H,11,17H2,1H3. The van der Waals surface area contributed by atoms with Gasteiger partial charge in [0, 0.05) is 6.54 Å². The van der Waals surface area contributed by atoms with Crippen molar-refractivity contribution in [2.45, 2.75) is 5.92 Å². The van der Waals surface area contributed by atoms with Crippen LogP contribution in [0.4, 0.5) is 0 Å². The van der Waals surface area contributed by atoms with Gasteiger partial charge in [-0.05, 0) is 16.7 Å². The van der Waals surface area contributed by atoms with Crippen molar-refractivity contribution in [1.29, 1.82) is 0 Å². The van der Waals surface area contributed by atoms with E-state index in [0.717, 1.165) is 16.7 Å². The fourth-order valence-corrected chi connectivity index (χ4v) is 2.08. The Morgan fingerprint density at radius 3 is 2.42 bits per heavy atom. The van der Waals surface area contributed by atoms with E-state index in [9.17, 15) is 4.79 Å². The van der Waals surface area contributed by atoms with E-state index in [1.54, 1.807) is 0 Å². The van der Waals surface area contributed by atoms with Gasteiger partial charge in [-0.25, -0.2) is 0 Å². The molecule has 0 aliphatic rings. The topological polar surface area (TPSA) is 52.3 Å². The van der Waals surface area contributed by atoms with E-state index in [2.05, 4.69) is 0 Å². The lowest BCUT2D eigenvalue weighted by Crippen LogP contribution is -2.22. The van der Waals surface area contributed by atoms with Crippen LogP contribution in [0.1, 0.15) is 11.5 Å². The van der Waals surface area contributed by atoms with Crippen molar-refractivity contribution in [2.24, 2.45) is 5.73 Å². The van der Waals surface area contributed by atoms with Crippen LogP contribution in [0.5, 0.6) is 0 Å². The molecular formula is C16H17NO2. The number of ether oxygens (including phenoxy) is 1. The molecule has 0 radical (unpaired) electrons. The van der Waals surface area contributed by atoms with Crippen molar-refractivity contribution >= 4 is 5.97 Å². The molecule has 0 saturated heterocycles. The highest BCUT2D eigenvalue weighted by atomic mass is 16.5. The van der Waals surface area contributed by atoms with Gasteiger partial charge in [-0.2, -0.15) is 0 Å². The summed E-state index contributed by atoms with van der Waals surface area (Å²) in [7, 11) is 1.38. The Labute approximate surface area is 113 Å². The maximum Gasteiger partial charge on any atom is 0.314 e. The van der Waals surface area contributed by atoms with Crippen LogP contribution in [0.15, 0.2) is 54.6 Å². The van der Waals surface area contributed by atoms with Gasteiger partial charge in [0.15, 0.2) is 0 Å². The van der Waals surface area contributed by atoms with Crippen molar-refractivity contribution in [2.75, 3.05) is 13.7 Å². The number of rotatable bonds is 4. The number of hydrogen-bond donors (Lipinski definition) is 1. The van der Waals surface area contributed by atoms with Crippen LogP contribution in [-0.2, 0) is 9.53 Å². The van der Waals surface area contributed by atoms with Crippen molar-refractivity contribution in [3.8, 4) is 11.1 Å². The normalized spacial score (nSPS) is 11.9. The van der Waals surface area contributed by atoms with E-state index >= 15 is 0 Å². The molecule has 0 spiro atoms. The monoisotopic (exact) mass is 255 g/mol. The third-order valence-corrected chi connectivity index (χ3v) is 3.12. The average molecular weight is 255 g/mol. The molecular weight excluding hydrogens is 238 g/mol. The summed E-state index contributed by atoms with van der Waals surface area (Å²) in [6.07, 6.45) is 0. The molecule has 2 aromatic carbocycles. The molecule has 0 fully saturated rings. The molecule has 0 amide bonds. The molecule has 1 atom stereocenters. The Morgan fingerprint density at radius 2 is 1.79 bits per heavy atom. The summed E-state index contributed by atoms with van der Waals surface area (Å²) in [5, 5.41) is 0. The molecule has 3 heteroatoms. The Hall–Kier alpha value is -2.13. The van der Waals surface area contributed by atoms with E-state index < -0.39 is 5.92 Å². The number of carbonyl (C=O) groups excluding carboxylic acids is 1. The summed E-state index contributed by atoms with van der Waals surface area (Å²) >= 11 is 0. The van der Waals surface area contributed by atoms with Crippen molar-refractivity contribution in [3.05, 3.63) is 60.2 Å². The first-order valence-electron chi connectivity index (χ1n) is 6.19. The molecule has 98 valence electrons. The van der Waals surface area contributed by atoms with Crippen LogP contribution in [0, 0.1) is 0 Å². The Balaban J connectivity index is 2.36. The minimum atomic E-state index is -0.409. The summed E-state index contributed by atoms with van der Waals surface area (Å²) in [6, 6.07) is 17.9. The zero-order valence-corrected chi connectivity index (χ0v) is 10.9. The molecule has 19 heavy (non-hydrogen) atoms. The molecule has 3 nitrogen and oxygen atoms in total. The number of hydrogen-bond acceptors (Lipinski definition) is 3. The molecule has 2 N–H and O–H groups in total. The lowest BCUT2D eigenvalue weighted by atomic mass is 9.95. The van der Waals surface area contributed by atoms with Crippen LogP contribution >= 0.6 is 0 Å². The molecule has 0 heterocycles. The molecule has 0 bridgehead atoms. The molecule has 0 aromatic heterocycles. The highest BCUT2D eigenvalue weighted by molar-refractivity contribution is 5.79. The van der Waals surface area contributed by atoms with Crippen LogP contribution in [0.3, 0.4) is 0 Å². The van der Waals surface area contributed by atoms with Crippen LogP contribution < -0.4 is 5.73 Å². The predicted octanol–water partition coefficient (Wildman–Crippen LogP) is 2.57. The van der Waals surface area contributed by atoms with Gasteiger partial charge in [0.05, 0.1) is 13.0 Å². The summed E-state index contributed by atoms with van der Waals surface area (Å²) in [5.74, 6) is -0.707. The van der Waals surface area contributed by atoms with Gasteiger partial charge in [-0.15, -0.1) is 0 Å². The third kappa shape index (κ3) is 3.01. The van der Waals surface area contributed by atoms with Gasteiger partial charge in [-0.3, -0.25) is 4.79 Å². The second kappa shape index (κ2) is 6.16. The van der Waals surface area contributed by atoms with Gasteiger partial charge in [0.25, 0.3) is 0 Å². The van der Waals surface area contributed by atoms with Crippen molar-refractivity contribution < 1.29 is 9.53 Å². The van der Waals surface area contributed by atoms with Crippen molar-refractivity contribution in [3.63, 3.8) is 0 Å². The maximum absolute atomic E-state index is 11.7. The minimum Gasteiger partial charge on any atom is -0.469 e. The summed E-state index contributed by atoms with van der Waals surface area (Å²) in [6.45, 7) is 0.241. The molecule has 0 aliphatic heterocycles. The summed E-state index contributed by atoms with van der Waals surface area (Å²) in [4.78, 5) is 11.7. The van der Waals surface area contributed by atoms with E-state index in [4.69, 9.17) is 10.5 Å². The van der Waals surface area contributed by atoms with Gasteiger partial charge in [-0.1, -0.05) is 54.6 Å². The highest BCUT2D eigenvalue weighted by Gasteiger charge is 2.19. The highest BCUT2D eigenvalue weighted by Crippen LogP contribution is 2.24. The molecule has 2 aromatic rings. The summed E-state index contributed by atoms with van der Waals surface area (Å²) < 4.78 is 4.78. The Kier molecular flexibility index (Phi) is 4.31. The quantitative estimate of drug-likeness (QED) is 0.854. The lowest BCUT2D eigenvalue weighted by Gasteiger charge is -2.14. The van der Waals surface area contributed by atoms with Gasteiger partial charge in [0.1, 0.15) is 0 Å². The SMILES string of the molecule is COC(=O)C(CN)c1cccc(-c2ccccc2)c1. The van der Waals surface area contributed by atoms with E-state index in [1.807, 2.05) is 54.6 Å². The van der Waals surface area contributed by atoms with Gasteiger partial charge >= 0.3 is 5.97 Å². The maximum atomic E-state index is 11.7. The number of nitrogens with two attached hydrogens (primary N) is 1. The van der Waals surface area contributed by atoms with E-state index in [1.165, 1.54) is 7.11 Å². The second-order valence-electron chi connectivity index (χ2n) is 4.30. The van der Waals surface area contributed by atoms with Crippen LogP contribution in [0.2, 0.25) is 0 Å². The predicted molar refractivity (Wildman–Crippen MR) is 75.7 cm³/mol. The smallest absolute Gasteiger partial charge is 0.314 e. The van der Waals surface area contributed by atoms with Crippen molar-refractivity contribution in [1.82, 2.24) is 0 Å². The number of methoxy groups -OCH3 is 1. The fraction of sp³-hybridized carbons (Fsp3) is 0.188. The molecule has 1 unspecified atom stereocenters.